The van der Waals surface area contributed by atoms with Crippen molar-refractivity contribution in [2.45, 2.75) is 77.0 Å². The number of amides is 1. The Bertz CT molecular complexity index is 882. The summed E-state index contributed by atoms with van der Waals surface area (Å²) in [4.78, 5) is 15.8. The Morgan fingerprint density at radius 3 is 2.70 bits per heavy atom. The second-order valence-electron chi connectivity index (χ2n) is 8.83. The van der Waals surface area contributed by atoms with Crippen LogP contribution >= 0.6 is 0 Å². The SMILES string of the molecule is CCCCN1[C@@H]2COC[C@H]1CC(NC(=O)c1nn(C(C)CC)c3ccc(O)cc13)C2. The number of nitrogens with one attached hydrogen (secondary N) is 1. The van der Waals surface area contributed by atoms with E-state index in [1.165, 1.54) is 12.8 Å². The molecule has 30 heavy (non-hydrogen) atoms. The molecule has 1 aromatic carbocycles. The van der Waals surface area contributed by atoms with Gasteiger partial charge in [0, 0.05) is 29.6 Å². The van der Waals surface area contributed by atoms with Crippen LogP contribution in [0.2, 0.25) is 0 Å². The van der Waals surface area contributed by atoms with Gasteiger partial charge < -0.3 is 15.2 Å². The van der Waals surface area contributed by atoms with E-state index in [9.17, 15) is 9.90 Å². The molecule has 0 saturated carbocycles. The molecule has 0 spiro atoms. The van der Waals surface area contributed by atoms with Crippen LogP contribution in [-0.2, 0) is 4.74 Å². The predicted molar refractivity (Wildman–Crippen MR) is 117 cm³/mol. The van der Waals surface area contributed by atoms with Crippen molar-refractivity contribution in [1.29, 1.82) is 0 Å². The number of morpholine rings is 1. The van der Waals surface area contributed by atoms with Gasteiger partial charge in [0.05, 0.1) is 18.7 Å². The van der Waals surface area contributed by atoms with Crippen molar-refractivity contribution in [1.82, 2.24) is 20.0 Å². The molecule has 0 radical (unpaired) electrons. The fraction of sp³-hybridized carbons (Fsp3) is 0.652. The van der Waals surface area contributed by atoms with E-state index in [1.54, 1.807) is 12.1 Å². The van der Waals surface area contributed by atoms with Gasteiger partial charge >= 0.3 is 0 Å². The molecule has 2 N–H and O–H groups in total. The minimum absolute atomic E-state index is 0.121. The zero-order valence-corrected chi connectivity index (χ0v) is 18.3. The Morgan fingerprint density at radius 2 is 2.03 bits per heavy atom. The maximum Gasteiger partial charge on any atom is 0.272 e. The van der Waals surface area contributed by atoms with Crippen LogP contribution in [0.25, 0.3) is 10.9 Å². The van der Waals surface area contributed by atoms with Gasteiger partial charge in [-0.2, -0.15) is 5.10 Å². The number of phenolic OH excluding ortho intramolecular Hbond substituents is 1. The number of hydrogen-bond donors (Lipinski definition) is 2. The largest absolute Gasteiger partial charge is 0.508 e. The van der Waals surface area contributed by atoms with E-state index in [2.05, 4.69) is 36.1 Å². The first-order valence-corrected chi connectivity index (χ1v) is 11.4. The van der Waals surface area contributed by atoms with Gasteiger partial charge in [-0.15, -0.1) is 0 Å². The van der Waals surface area contributed by atoms with Crippen molar-refractivity contribution in [3.63, 3.8) is 0 Å². The quantitative estimate of drug-likeness (QED) is 0.725. The standard InChI is InChI=1S/C23H34N4O3/c1-4-6-9-26-17-10-16(11-18(26)14-30-13-17)24-23(29)22-20-12-19(28)7-8-21(20)27(25-22)15(3)5-2/h7-8,12,15-18,28H,4-6,9-11,13-14H2,1-3H3,(H,24,29)/t15?,16?,17-,18+. The average molecular weight is 415 g/mol. The van der Waals surface area contributed by atoms with Gasteiger partial charge in [-0.1, -0.05) is 20.3 Å². The van der Waals surface area contributed by atoms with Crippen molar-refractivity contribution in [2.75, 3.05) is 19.8 Å². The third-order valence-corrected chi connectivity index (χ3v) is 6.69. The Hall–Kier alpha value is -2.12. The summed E-state index contributed by atoms with van der Waals surface area (Å²) in [5.74, 6) is -0.00480. The Morgan fingerprint density at radius 1 is 1.30 bits per heavy atom. The van der Waals surface area contributed by atoms with E-state index >= 15 is 0 Å². The van der Waals surface area contributed by atoms with E-state index in [1.807, 2.05) is 10.7 Å². The van der Waals surface area contributed by atoms with Crippen LogP contribution in [-0.4, -0.2) is 63.6 Å². The highest BCUT2D eigenvalue weighted by Gasteiger charge is 2.39. The van der Waals surface area contributed by atoms with Gasteiger partial charge in [0.25, 0.3) is 5.91 Å². The molecule has 4 rings (SSSR count). The van der Waals surface area contributed by atoms with Crippen molar-refractivity contribution in [2.24, 2.45) is 0 Å². The summed E-state index contributed by atoms with van der Waals surface area (Å²) in [5.41, 5.74) is 1.28. The smallest absolute Gasteiger partial charge is 0.272 e. The van der Waals surface area contributed by atoms with Crippen LogP contribution in [0.3, 0.4) is 0 Å². The molecule has 7 nitrogen and oxygen atoms in total. The molecule has 7 heteroatoms. The molecule has 0 aliphatic carbocycles. The van der Waals surface area contributed by atoms with Crippen molar-refractivity contribution in [3.8, 4) is 5.75 Å². The maximum absolute atomic E-state index is 13.2. The zero-order valence-electron chi connectivity index (χ0n) is 18.3. The molecule has 2 saturated heterocycles. The van der Waals surface area contributed by atoms with Gasteiger partial charge in [0.1, 0.15) is 5.75 Å². The lowest BCUT2D eigenvalue weighted by Crippen LogP contribution is -2.60. The number of piperidine rings is 1. The Balaban J connectivity index is 1.53. The number of rotatable bonds is 7. The van der Waals surface area contributed by atoms with E-state index < -0.39 is 0 Å². The molecule has 4 atom stereocenters. The Kier molecular flexibility index (Phi) is 6.29. The number of fused-ring (bicyclic) bond motifs is 3. The van der Waals surface area contributed by atoms with Gasteiger partial charge in [-0.05, 0) is 57.4 Å². The number of benzene rings is 1. The van der Waals surface area contributed by atoms with E-state index in [4.69, 9.17) is 4.74 Å². The van der Waals surface area contributed by atoms with E-state index in [-0.39, 0.29) is 23.7 Å². The predicted octanol–water partition coefficient (Wildman–Crippen LogP) is 3.47. The third-order valence-electron chi connectivity index (χ3n) is 6.69. The highest BCUT2D eigenvalue weighted by Crippen LogP contribution is 2.30. The number of hydrogen-bond acceptors (Lipinski definition) is 5. The van der Waals surface area contributed by atoms with Crippen molar-refractivity contribution >= 4 is 16.8 Å². The molecular formula is C23H34N4O3. The number of ether oxygens (including phenoxy) is 1. The first-order valence-electron chi connectivity index (χ1n) is 11.4. The minimum Gasteiger partial charge on any atom is -0.508 e. The lowest BCUT2D eigenvalue weighted by Gasteiger charge is -2.48. The molecule has 3 heterocycles. The number of carbonyl (C=O) groups is 1. The summed E-state index contributed by atoms with van der Waals surface area (Å²) in [6.45, 7) is 9.01. The molecule has 2 fully saturated rings. The molecule has 2 aliphatic rings. The number of unbranched alkanes of at least 4 members (excludes halogenated alkanes) is 1. The molecule has 2 unspecified atom stereocenters. The fourth-order valence-corrected chi connectivity index (χ4v) is 4.87. The number of carbonyl (C=O) groups excluding carboxylic acids is 1. The molecule has 1 amide bonds. The highest BCUT2D eigenvalue weighted by molar-refractivity contribution is 6.05. The molecule has 2 aliphatic heterocycles. The van der Waals surface area contributed by atoms with Crippen LogP contribution in [0, 0.1) is 0 Å². The molecule has 2 bridgehead atoms. The van der Waals surface area contributed by atoms with Gasteiger partial charge in [0.2, 0.25) is 0 Å². The second kappa shape index (κ2) is 8.94. The lowest BCUT2D eigenvalue weighted by molar-refractivity contribution is -0.0802. The van der Waals surface area contributed by atoms with Crippen molar-refractivity contribution < 1.29 is 14.6 Å². The monoisotopic (exact) mass is 414 g/mol. The number of phenols is 1. The summed E-state index contributed by atoms with van der Waals surface area (Å²) in [5, 5.41) is 18.6. The fourth-order valence-electron chi connectivity index (χ4n) is 4.87. The Labute approximate surface area is 178 Å². The molecule has 2 aromatic rings. The number of aromatic hydroxyl groups is 1. The van der Waals surface area contributed by atoms with E-state index in [0.717, 1.165) is 44.5 Å². The average Bonchev–Trinajstić information content (AvgIpc) is 3.10. The van der Waals surface area contributed by atoms with E-state index in [0.29, 0.717) is 23.2 Å². The number of aromatic nitrogens is 2. The van der Waals surface area contributed by atoms with Gasteiger partial charge in [-0.25, -0.2) is 0 Å². The summed E-state index contributed by atoms with van der Waals surface area (Å²) >= 11 is 0. The summed E-state index contributed by atoms with van der Waals surface area (Å²) in [6, 6.07) is 6.17. The zero-order chi connectivity index (χ0) is 21.3. The van der Waals surface area contributed by atoms with Crippen LogP contribution in [0.1, 0.15) is 69.4 Å². The minimum atomic E-state index is -0.154. The van der Waals surface area contributed by atoms with Gasteiger partial charge in [0.15, 0.2) is 5.69 Å². The summed E-state index contributed by atoms with van der Waals surface area (Å²) < 4.78 is 7.70. The molecule has 1 aromatic heterocycles. The van der Waals surface area contributed by atoms with Crippen LogP contribution in [0.5, 0.6) is 5.75 Å². The third kappa shape index (κ3) is 4.05. The first-order chi connectivity index (χ1) is 14.5. The second-order valence-corrected chi connectivity index (χ2v) is 8.83. The highest BCUT2D eigenvalue weighted by atomic mass is 16.5. The van der Waals surface area contributed by atoms with Crippen LogP contribution in [0.4, 0.5) is 0 Å². The van der Waals surface area contributed by atoms with Gasteiger partial charge in [-0.3, -0.25) is 14.4 Å². The topological polar surface area (TPSA) is 79.6 Å². The lowest BCUT2D eigenvalue weighted by atomic mass is 9.89. The normalized spacial score (nSPS) is 25.4. The van der Waals surface area contributed by atoms with Crippen molar-refractivity contribution in [3.05, 3.63) is 23.9 Å². The molecular weight excluding hydrogens is 380 g/mol. The molecule has 164 valence electrons. The van der Waals surface area contributed by atoms with Crippen LogP contribution < -0.4 is 5.32 Å². The van der Waals surface area contributed by atoms with Crippen LogP contribution in [0.15, 0.2) is 18.2 Å². The maximum atomic E-state index is 13.2. The number of nitrogens with zero attached hydrogens (tertiary/aromatic N) is 3. The first kappa shape index (κ1) is 21.1. The summed E-state index contributed by atoms with van der Waals surface area (Å²) in [6.07, 6.45) is 5.11. The summed E-state index contributed by atoms with van der Waals surface area (Å²) in [7, 11) is 0.